The molecule has 0 aromatic heterocycles. The first kappa shape index (κ1) is 9.39. The van der Waals surface area contributed by atoms with Crippen LogP contribution in [0.25, 0.3) is 0 Å². The largest absolute Gasteiger partial charge is 0.480 e. The average molecular weight is 206 g/mol. The molecule has 15 heavy (non-hydrogen) atoms. The first-order chi connectivity index (χ1) is 7.11. The second kappa shape index (κ2) is 3.20. The lowest BCUT2D eigenvalue weighted by Crippen LogP contribution is -2.34. The van der Waals surface area contributed by atoms with Gasteiger partial charge in [-0.2, -0.15) is 0 Å². The number of imide groups is 1. The van der Waals surface area contributed by atoms with Gasteiger partial charge in [0.25, 0.3) is 11.8 Å². The third-order valence-electron chi connectivity index (χ3n) is 2.17. The Labute approximate surface area is 84.9 Å². The van der Waals surface area contributed by atoms with Gasteiger partial charge in [-0.05, 0) is 12.1 Å². The number of hydrogen-bond donors (Lipinski definition) is 1. The van der Waals surface area contributed by atoms with Crippen molar-refractivity contribution in [2.75, 3.05) is 6.54 Å². The number of hydrogen-bond acceptors (Lipinski definition) is 3. The zero-order chi connectivity index (χ0) is 11.0. The van der Waals surface area contributed by atoms with Crippen molar-refractivity contribution in [1.29, 1.82) is 0 Å². The Balaban J connectivity index is 2.41. The third-order valence-corrected chi connectivity index (χ3v) is 2.17. The summed E-state index contributed by atoms with van der Waals surface area (Å²) in [6.07, 6.45) is 0. The summed E-state index contributed by atoms with van der Waals surface area (Å²) in [5.41, 5.74) is 0.535. The van der Waals surface area contributed by atoms with Gasteiger partial charge in [0.05, 0.1) is 11.1 Å². The van der Waals surface area contributed by atoms with Crippen LogP contribution in [-0.2, 0) is 4.79 Å². The topological polar surface area (TPSA) is 74.7 Å². The molecule has 0 radical (unpaired) electrons. The molecule has 0 saturated carbocycles. The maximum Gasteiger partial charge on any atom is 0.323 e. The van der Waals surface area contributed by atoms with E-state index >= 15 is 0 Å². The molecular formula is C10H7NO4. The van der Waals surface area contributed by atoms with E-state index in [0.29, 0.717) is 0 Å². The van der Waals surface area contributed by atoms with Crippen LogP contribution in [0, 0.1) is 0 Å². The Hall–Kier alpha value is -2.17. The van der Waals surface area contributed by atoms with Gasteiger partial charge in [0.15, 0.2) is 0 Å². The van der Waals surface area contributed by atoms with E-state index in [1.165, 1.54) is 12.1 Å². The fourth-order valence-electron chi connectivity index (χ4n) is 1.52. The van der Waals surface area contributed by atoms with Crippen LogP contribution in [0.4, 0.5) is 0 Å². The predicted molar refractivity (Wildman–Crippen MR) is 49.4 cm³/mol. The van der Waals surface area contributed by atoms with E-state index in [1.54, 1.807) is 12.1 Å². The predicted octanol–water partition coefficient (Wildman–Crippen LogP) is 0.367. The first-order valence-corrected chi connectivity index (χ1v) is 4.28. The summed E-state index contributed by atoms with van der Waals surface area (Å²) in [7, 11) is 0. The average Bonchev–Trinajstić information content (AvgIpc) is 2.44. The molecule has 1 aliphatic heterocycles. The van der Waals surface area contributed by atoms with Gasteiger partial charge in [-0.15, -0.1) is 0 Å². The van der Waals surface area contributed by atoms with E-state index in [-0.39, 0.29) is 11.1 Å². The molecule has 1 N–H and O–H groups in total. The number of aliphatic carboxylic acids is 1. The van der Waals surface area contributed by atoms with Crippen molar-refractivity contribution in [2.45, 2.75) is 0 Å². The molecule has 5 heteroatoms. The number of carboxylic acids is 1. The van der Waals surface area contributed by atoms with Crippen molar-refractivity contribution in [1.82, 2.24) is 4.90 Å². The molecule has 1 heterocycles. The minimum absolute atomic E-state index is 0.267. The quantitative estimate of drug-likeness (QED) is 0.560. The van der Waals surface area contributed by atoms with Crippen molar-refractivity contribution in [3.8, 4) is 0 Å². The lowest BCUT2D eigenvalue weighted by atomic mass is 10.1. The maximum atomic E-state index is 11.6. The number of amides is 2. The van der Waals surface area contributed by atoms with Gasteiger partial charge in [-0.25, -0.2) is 0 Å². The van der Waals surface area contributed by atoms with Crippen LogP contribution in [0.1, 0.15) is 20.7 Å². The van der Waals surface area contributed by atoms with E-state index in [4.69, 9.17) is 5.11 Å². The molecule has 0 fully saturated rings. The highest BCUT2D eigenvalue weighted by Gasteiger charge is 2.35. The Morgan fingerprint density at radius 1 is 1.13 bits per heavy atom. The van der Waals surface area contributed by atoms with E-state index in [2.05, 4.69) is 0 Å². The maximum absolute atomic E-state index is 11.6. The Morgan fingerprint density at radius 2 is 1.60 bits per heavy atom. The van der Waals surface area contributed by atoms with Crippen molar-refractivity contribution < 1.29 is 19.5 Å². The molecule has 0 bridgehead atoms. The minimum Gasteiger partial charge on any atom is -0.480 e. The van der Waals surface area contributed by atoms with E-state index in [9.17, 15) is 14.4 Å². The van der Waals surface area contributed by atoms with Gasteiger partial charge in [-0.1, -0.05) is 12.1 Å². The smallest absolute Gasteiger partial charge is 0.323 e. The van der Waals surface area contributed by atoms with Crippen LogP contribution in [-0.4, -0.2) is 34.3 Å². The summed E-state index contributed by atoms with van der Waals surface area (Å²) in [5, 5.41) is 8.54. The Kier molecular flexibility index (Phi) is 2.00. The number of carbonyl (C=O) groups excluding carboxylic acids is 2. The molecule has 0 spiro atoms. The van der Waals surface area contributed by atoms with Crippen molar-refractivity contribution >= 4 is 17.8 Å². The molecule has 0 atom stereocenters. The lowest BCUT2D eigenvalue weighted by Gasteiger charge is -2.09. The van der Waals surface area contributed by atoms with Gasteiger partial charge >= 0.3 is 5.97 Å². The van der Waals surface area contributed by atoms with Gasteiger partial charge in [0.2, 0.25) is 0 Å². The fraction of sp³-hybridized carbons (Fsp3) is 0.100. The second-order valence-electron chi connectivity index (χ2n) is 3.14. The normalized spacial score (nSPS) is 14.3. The number of rotatable bonds is 2. The van der Waals surface area contributed by atoms with Gasteiger partial charge in [-0.3, -0.25) is 19.3 Å². The van der Waals surface area contributed by atoms with E-state index in [0.717, 1.165) is 4.90 Å². The molecule has 0 saturated heterocycles. The summed E-state index contributed by atoms with van der Waals surface area (Å²) < 4.78 is 0. The zero-order valence-electron chi connectivity index (χ0n) is 7.64. The molecule has 0 unspecified atom stereocenters. The summed E-state index contributed by atoms with van der Waals surface area (Å²) in [6, 6.07) is 6.29. The molecule has 0 aliphatic carbocycles. The van der Waals surface area contributed by atoms with E-state index < -0.39 is 24.3 Å². The molecule has 2 amide bonds. The van der Waals surface area contributed by atoms with Crippen LogP contribution >= 0.6 is 0 Å². The summed E-state index contributed by atoms with van der Waals surface area (Å²) in [5.74, 6) is -2.29. The number of carboxylic acid groups (broad SMARTS) is 1. The van der Waals surface area contributed by atoms with Crippen molar-refractivity contribution in [2.24, 2.45) is 0 Å². The highest BCUT2D eigenvalue weighted by atomic mass is 16.4. The first-order valence-electron chi connectivity index (χ1n) is 4.28. The van der Waals surface area contributed by atoms with Crippen molar-refractivity contribution in [3.05, 3.63) is 35.4 Å². The number of nitrogens with zero attached hydrogens (tertiary/aromatic N) is 1. The Morgan fingerprint density at radius 3 is 2.00 bits per heavy atom. The SMILES string of the molecule is O=C(O)C[15N]1C(=O)c2ccccc2C1=O. The minimum atomic E-state index is -1.20. The summed E-state index contributed by atoms with van der Waals surface area (Å²) in [4.78, 5) is 34.3. The molecule has 1 aromatic rings. The zero-order valence-corrected chi connectivity index (χ0v) is 7.64. The highest BCUT2D eigenvalue weighted by molar-refractivity contribution is 6.22. The van der Waals surface area contributed by atoms with Crippen LogP contribution in [0.5, 0.6) is 0 Å². The molecule has 5 nitrogen and oxygen atoms in total. The molecule has 76 valence electrons. The van der Waals surface area contributed by atoms with Gasteiger partial charge in [0.1, 0.15) is 6.54 Å². The van der Waals surface area contributed by atoms with Crippen LogP contribution in [0.2, 0.25) is 0 Å². The highest BCUT2D eigenvalue weighted by Crippen LogP contribution is 2.21. The number of fused-ring (bicyclic) bond motifs is 1. The molecule has 1 aromatic carbocycles. The Bertz CT molecular complexity index is 431. The molecule has 1 aliphatic rings. The standard InChI is InChI=1S/C10H7NO4/c12-8(13)5-11-9(14)6-3-1-2-4-7(6)10(11)15/h1-4H,5H2,(H,12,13)/i11+1. The van der Waals surface area contributed by atoms with Crippen LogP contribution in [0.3, 0.4) is 0 Å². The summed E-state index contributed by atoms with van der Waals surface area (Å²) >= 11 is 0. The third kappa shape index (κ3) is 1.38. The van der Waals surface area contributed by atoms with Crippen LogP contribution in [0.15, 0.2) is 24.3 Å². The molecular weight excluding hydrogens is 199 g/mol. The fourth-order valence-corrected chi connectivity index (χ4v) is 1.52. The second-order valence-corrected chi connectivity index (χ2v) is 3.14. The van der Waals surface area contributed by atoms with Crippen molar-refractivity contribution in [3.63, 3.8) is 0 Å². The lowest BCUT2D eigenvalue weighted by molar-refractivity contribution is -0.137. The molecule has 2 rings (SSSR count). The van der Waals surface area contributed by atoms with E-state index in [1.807, 2.05) is 0 Å². The summed E-state index contributed by atoms with van der Waals surface area (Å²) in [6.45, 7) is -0.591. The van der Waals surface area contributed by atoms with Gasteiger partial charge < -0.3 is 5.11 Å². The van der Waals surface area contributed by atoms with Gasteiger partial charge in [0, 0.05) is 0 Å². The van der Waals surface area contributed by atoms with Crippen LogP contribution < -0.4 is 0 Å². The monoisotopic (exact) mass is 206 g/mol. The number of carbonyl (C=O) groups is 3. The number of benzene rings is 1.